The number of benzene rings is 2. The van der Waals surface area contributed by atoms with Crippen LogP contribution in [-0.4, -0.2) is 0 Å². The predicted octanol–water partition coefficient (Wildman–Crippen LogP) is 6.24. The molecule has 0 aliphatic carbocycles. The molecule has 1 unspecified atom stereocenters. The Kier molecular flexibility index (Phi) is 6.07. The molecule has 4 heteroatoms. The van der Waals surface area contributed by atoms with Gasteiger partial charge in [0, 0.05) is 5.54 Å². The molecule has 0 bridgehead atoms. The molecule has 1 atom stereocenters. The van der Waals surface area contributed by atoms with Crippen LogP contribution in [-0.2, 0) is 11.7 Å². The van der Waals surface area contributed by atoms with Crippen LogP contribution in [0, 0.1) is 0 Å². The van der Waals surface area contributed by atoms with Gasteiger partial charge >= 0.3 is 6.18 Å². The average molecular weight is 347 g/mol. The van der Waals surface area contributed by atoms with Gasteiger partial charge in [0.25, 0.3) is 0 Å². The maximum absolute atomic E-state index is 12.6. The molecule has 0 aliphatic rings. The normalized spacial score (nSPS) is 14.6. The molecular formula is C21H24F3N. The molecule has 0 fully saturated rings. The van der Waals surface area contributed by atoms with Crippen molar-refractivity contribution in [2.75, 3.05) is 0 Å². The van der Waals surface area contributed by atoms with Gasteiger partial charge in [-0.25, -0.2) is 0 Å². The summed E-state index contributed by atoms with van der Waals surface area (Å²) in [7, 11) is 0. The van der Waals surface area contributed by atoms with E-state index >= 15 is 0 Å². The van der Waals surface area contributed by atoms with Gasteiger partial charge in [0.2, 0.25) is 0 Å². The first-order valence-corrected chi connectivity index (χ1v) is 8.47. The third-order valence-corrected chi connectivity index (χ3v) is 4.33. The lowest BCUT2D eigenvalue weighted by Gasteiger charge is -2.25. The van der Waals surface area contributed by atoms with Gasteiger partial charge in [-0.1, -0.05) is 68.3 Å². The van der Waals surface area contributed by atoms with Gasteiger partial charge in [-0.2, -0.15) is 13.2 Å². The van der Waals surface area contributed by atoms with Crippen LogP contribution >= 0.6 is 0 Å². The molecule has 2 aromatic carbocycles. The van der Waals surface area contributed by atoms with Gasteiger partial charge in [0.1, 0.15) is 0 Å². The van der Waals surface area contributed by atoms with E-state index in [2.05, 4.69) is 6.92 Å². The molecule has 0 spiro atoms. The van der Waals surface area contributed by atoms with E-state index in [1.165, 1.54) is 12.1 Å². The minimum absolute atomic E-state index is 0.342. The van der Waals surface area contributed by atoms with Crippen molar-refractivity contribution in [3.05, 3.63) is 70.8 Å². The Bertz CT molecular complexity index is 695. The van der Waals surface area contributed by atoms with Crippen molar-refractivity contribution in [2.45, 2.75) is 44.8 Å². The summed E-state index contributed by atoms with van der Waals surface area (Å²) in [6.07, 6.45) is 2.51. The van der Waals surface area contributed by atoms with Crippen LogP contribution in [0.4, 0.5) is 13.2 Å². The van der Waals surface area contributed by atoms with E-state index in [9.17, 15) is 13.2 Å². The lowest BCUT2D eigenvalue weighted by atomic mass is 9.87. The van der Waals surface area contributed by atoms with Gasteiger partial charge in [-0.3, -0.25) is 0 Å². The van der Waals surface area contributed by atoms with Crippen LogP contribution in [0.25, 0.3) is 12.2 Å². The zero-order valence-electron chi connectivity index (χ0n) is 14.6. The van der Waals surface area contributed by atoms with Gasteiger partial charge in [0.15, 0.2) is 0 Å². The summed E-state index contributed by atoms with van der Waals surface area (Å²) in [5.74, 6) is 0. The number of hydrogen-bond acceptors (Lipinski definition) is 1. The summed E-state index contributed by atoms with van der Waals surface area (Å²) in [5.41, 5.74) is 8.20. The number of halogens is 3. The summed E-state index contributed by atoms with van der Waals surface area (Å²) in [4.78, 5) is 0. The predicted molar refractivity (Wildman–Crippen MR) is 97.9 cm³/mol. The van der Waals surface area contributed by atoms with E-state index in [0.717, 1.165) is 48.1 Å². The molecule has 0 saturated heterocycles. The largest absolute Gasteiger partial charge is 0.416 e. The first-order valence-electron chi connectivity index (χ1n) is 8.47. The second-order valence-corrected chi connectivity index (χ2v) is 6.60. The van der Waals surface area contributed by atoms with Crippen LogP contribution in [0.3, 0.4) is 0 Å². The number of hydrogen-bond donors (Lipinski definition) is 1. The second-order valence-electron chi connectivity index (χ2n) is 6.60. The quantitative estimate of drug-likeness (QED) is 0.615. The van der Waals surface area contributed by atoms with E-state index in [1.54, 1.807) is 6.08 Å². The number of alkyl halides is 3. The van der Waals surface area contributed by atoms with Crippen molar-refractivity contribution in [1.29, 1.82) is 0 Å². The lowest BCUT2D eigenvalue weighted by molar-refractivity contribution is -0.137. The molecule has 0 amide bonds. The Balaban J connectivity index is 2.07. The van der Waals surface area contributed by atoms with E-state index in [1.807, 2.05) is 37.3 Å². The van der Waals surface area contributed by atoms with Gasteiger partial charge in [0.05, 0.1) is 5.56 Å². The fourth-order valence-electron chi connectivity index (χ4n) is 2.64. The van der Waals surface area contributed by atoms with E-state index < -0.39 is 11.7 Å². The van der Waals surface area contributed by atoms with Gasteiger partial charge < -0.3 is 5.73 Å². The van der Waals surface area contributed by atoms with Crippen molar-refractivity contribution < 1.29 is 13.2 Å². The molecule has 0 radical (unpaired) electrons. The van der Waals surface area contributed by atoms with Crippen molar-refractivity contribution in [1.82, 2.24) is 0 Å². The van der Waals surface area contributed by atoms with Crippen molar-refractivity contribution in [3.63, 3.8) is 0 Å². The minimum Gasteiger partial charge on any atom is -0.322 e. The number of unbranched alkanes of at least 4 members (excludes halogenated alkanes) is 1. The zero-order chi connectivity index (χ0) is 18.5. The summed E-state index contributed by atoms with van der Waals surface area (Å²) >= 11 is 0. The highest BCUT2D eigenvalue weighted by Gasteiger charge is 2.29. The van der Waals surface area contributed by atoms with Crippen LogP contribution in [0.15, 0.2) is 48.5 Å². The highest BCUT2D eigenvalue weighted by Crippen LogP contribution is 2.29. The first-order chi connectivity index (χ1) is 11.7. The smallest absolute Gasteiger partial charge is 0.322 e. The summed E-state index contributed by atoms with van der Waals surface area (Å²) in [5, 5.41) is 0. The molecule has 1 nitrogen and oxygen atoms in total. The molecule has 25 heavy (non-hydrogen) atoms. The van der Waals surface area contributed by atoms with E-state index in [0.29, 0.717) is 0 Å². The minimum atomic E-state index is -4.30. The van der Waals surface area contributed by atoms with Crippen LogP contribution in [0.1, 0.15) is 55.4 Å². The Morgan fingerprint density at radius 2 is 1.28 bits per heavy atom. The van der Waals surface area contributed by atoms with Gasteiger partial charge in [-0.05, 0) is 42.2 Å². The van der Waals surface area contributed by atoms with Crippen molar-refractivity contribution in [2.24, 2.45) is 5.73 Å². The molecule has 134 valence electrons. The molecule has 2 rings (SSSR count). The van der Waals surface area contributed by atoms with Crippen LogP contribution in [0.2, 0.25) is 0 Å². The summed E-state index contributed by atoms with van der Waals surface area (Å²) < 4.78 is 37.7. The topological polar surface area (TPSA) is 26.0 Å². The average Bonchev–Trinajstić information content (AvgIpc) is 2.58. The Hall–Kier alpha value is -2.07. The fraction of sp³-hybridized carbons (Fsp3) is 0.333. The lowest BCUT2D eigenvalue weighted by Crippen LogP contribution is -2.32. The number of rotatable bonds is 6. The second kappa shape index (κ2) is 7.87. The number of nitrogens with two attached hydrogens (primary N) is 1. The standard InChI is InChI=1S/C21H24F3N/c1-3-4-15-20(2,25)18-11-7-16(8-12-18)5-6-17-9-13-19(14-10-17)21(22,23)24/h5-14H,3-4,15,25H2,1-2H3/b6-5+. The summed E-state index contributed by atoms with van der Waals surface area (Å²) in [6, 6.07) is 13.1. The van der Waals surface area contributed by atoms with E-state index in [-0.39, 0.29) is 5.54 Å². The zero-order valence-corrected chi connectivity index (χ0v) is 14.6. The molecular weight excluding hydrogens is 323 g/mol. The third kappa shape index (κ3) is 5.46. The maximum atomic E-state index is 12.6. The molecule has 2 N–H and O–H groups in total. The highest BCUT2D eigenvalue weighted by atomic mass is 19.4. The maximum Gasteiger partial charge on any atom is 0.416 e. The van der Waals surface area contributed by atoms with Crippen molar-refractivity contribution >= 4 is 12.2 Å². The van der Waals surface area contributed by atoms with Crippen LogP contribution in [0.5, 0.6) is 0 Å². The Labute approximate surface area is 147 Å². The Morgan fingerprint density at radius 1 is 0.840 bits per heavy atom. The highest BCUT2D eigenvalue weighted by molar-refractivity contribution is 5.69. The monoisotopic (exact) mass is 347 g/mol. The summed E-state index contributed by atoms with van der Waals surface area (Å²) in [6.45, 7) is 4.18. The van der Waals surface area contributed by atoms with Crippen LogP contribution < -0.4 is 5.73 Å². The molecule has 0 heterocycles. The third-order valence-electron chi connectivity index (χ3n) is 4.33. The van der Waals surface area contributed by atoms with Crippen molar-refractivity contribution in [3.8, 4) is 0 Å². The molecule has 0 aromatic heterocycles. The molecule has 0 saturated carbocycles. The molecule has 2 aromatic rings. The molecule has 0 aliphatic heterocycles. The fourth-order valence-corrected chi connectivity index (χ4v) is 2.64. The van der Waals surface area contributed by atoms with Gasteiger partial charge in [-0.15, -0.1) is 0 Å². The first kappa shape index (κ1) is 19.3. The Morgan fingerprint density at radius 3 is 1.68 bits per heavy atom. The SMILES string of the molecule is CCCCC(C)(N)c1ccc(/C=C/c2ccc(C(F)(F)F)cc2)cc1. The van der Waals surface area contributed by atoms with E-state index in [4.69, 9.17) is 5.73 Å².